The molecule has 0 amide bonds. The molecule has 82 valence electrons. The minimum atomic E-state index is 0.192. The average molecular weight is 347 g/mol. The minimum absolute atomic E-state index is 0.192. The van der Waals surface area contributed by atoms with Crippen LogP contribution < -0.4 is 11.1 Å². The van der Waals surface area contributed by atoms with Crippen LogP contribution in [0.5, 0.6) is 0 Å². The maximum absolute atomic E-state index is 5.93. The molecule has 0 atom stereocenters. The molecule has 0 aliphatic rings. The Morgan fingerprint density at radius 3 is 2.62 bits per heavy atom. The maximum Gasteiger partial charge on any atom is 0.222 e. The van der Waals surface area contributed by atoms with Crippen LogP contribution in [0.1, 0.15) is 0 Å². The van der Waals surface area contributed by atoms with Gasteiger partial charge >= 0.3 is 0 Å². The zero-order valence-electron chi connectivity index (χ0n) is 8.11. The van der Waals surface area contributed by atoms with E-state index in [2.05, 4.69) is 37.9 Å². The smallest absolute Gasteiger partial charge is 0.222 e. The first kappa shape index (κ1) is 11.4. The molecule has 1 aromatic heterocycles. The number of hydrogen-bond donors (Lipinski definition) is 2. The fourth-order valence-electron chi connectivity index (χ4n) is 1.14. The highest BCUT2D eigenvalue weighted by atomic mass is 127. The van der Waals surface area contributed by atoms with Crippen LogP contribution in [0, 0.1) is 3.57 Å². The number of rotatable bonds is 2. The summed E-state index contributed by atoms with van der Waals surface area (Å²) in [5, 5.41) is 3.51. The van der Waals surface area contributed by atoms with Gasteiger partial charge in [0.25, 0.3) is 0 Å². The molecule has 0 saturated carbocycles. The third kappa shape index (κ3) is 2.73. The van der Waals surface area contributed by atoms with E-state index in [4.69, 9.17) is 17.3 Å². The summed E-state index contributed by atoms with van der Waals surface area (Å²) in [6, 6.07) is 7.86. The zero-order valence-corrected chi connectivity index (χ0v) is 11.0. The van der Waals surface area contributed by atoms with Gasteiger partial charge in [-0.2, -0.15) is 4.98 Å². The van der Waals surface area contributed by atoms with Crippen molar-refractivity contribution in [3.05, 3.63) is 39.1 Å². The number of benzene rings is 1. The lowest BCUT2D eigenvalue weighted by molar-refractivity contribution is 1.18. The summed E-state index contributed by atoms with van der Waals surface area (Å²) in [6.45, 7) is 0. The Hall–Kier alpha value is -1.08. The Kier molecular flexibility index (Phi) is 3.45. The standard InChI is InChI=1S/C10H8ClIN4/c11-8-5-14-10(13)16-9(8)15-7-3-1-6(12)2-4-7/h1-5H,(H3,13,14,15,16). The number of anilines is 3. The summed E-state index contributed by atoms with van der Waals surface area (Å²) in [5.41, 5.74) is 6.39. The number of hydrogen-bond acceptors (Lipinski definition) is 4. The van der Waals surface area contributed by atoms with Crippen LogP contribution in [0.25, 0.3) is 0 Å². The molecule has 2 rings (SSSR count). The van der Waals surface area contributed by atoms with Gasteiger partial charge in [-0.05, 0) is 46.9 Å². The fourth-order valence-corrected chi connectivity index (χ4v) is 1.64. The number of nitrogens with one attached hydrogen (secondary N) is 1. The summed E-state index contributed by atoms with van der Waals surface area (Å²) < 4.78 is 1.16. The molecular weight excluding hydrogens is 338 g/mol. The molecule has 6 heteroatoms. The van der Waals surface area contributed by atoms with Crippen molar-refractivity contribution in [2.45, 2.75) is 0 Å². The van der Waals surface area contributed by atoms with Crippen molar-refractivity contribution < 1.29 is 0 Å². The van der Waals surface area contributed by atoms with Crippen LogP contribution in [0.3, 0.4) is 0 Å². The van der Waals surface area contributed by atoms with Crippen LogP contribution in [0.15, 0.2) is 30.5 Å². The summed E-state index contributed by atoms with van der Waals surface area (Å²) in [7, 11) is 0. The normalized spacial score (nSPS) is 10.1. The van der Waals surface area contributed by atoms with Gasteiger partial charge in [-0.3, -0.25) is 0 Å². The molecule has 2 aromatic rings. The van der Waals surface area contributed by atoms with Crippen molar-refractivity contribution in [3.8, 4) is 0 Å². The predicted octanol–water partition coefficient (Wildman–Crippen LogP) is 3.06. The monoisotopic (exact) mass is 346 g/mol. The number of nitrogens with zero attached hydrogens (tertiary/aromatic N) is 2. The van der Waals surface area contributed by atoms with E-state index in [9.17, 15) is 0 Å². The number of nitrogens with two attached hydrogens (primary N) is 1. The van der Waals surface area contributed by atoms with Gasteiger partial charge in [-0.15, -0.1) is 0 Å². The van der Waals surface area contributed by atoms with Crippen LogP contribution in [-0.2, 0) is 0 Å². The maximum atomic E-state index is 5.93. The van der Waals surface area contributed by atoms with Crippen LogP contribution in [0.4, 0.5) is 17.5 Å². The first-order valence-corrected chi connectivity index (χ1v) is 5.91. The number of halogens is 2. The third-order valence-electron chi connectivity index (χ3n) is 1.87. The second kappa shape index (κ2) is 4.84. The molecule has 0 spiro atoms. The highest BCUT2D eigenvalue weighted by Gasteiger charge is 2.03. The first-order valence-electron chi connectivity index (χ1n) is 4.46. The SMILES string of the molecule is Nc1ncc(Cl)c(Nc2ccc(I)cc2)n1. The van der Waals surface area contributed by atoms with Crippen molar-refractivity contribution in [2.24, 2.45) is 0 Å². The third-order valence-corrected chi connectivity index (χ3v) is 2.87. The predicted molar refractivity (Wildman–Crippen MR) is 73.9 cm³/mol. The largest absolute Gasteiger partial charge is 0.368 e. The molecule has 0 aliphatic carbocycles. The second-order valence-corrected chi connectivity index (χ2v) is 4.71. The zero-order chi connectivity index (χ0) is 11.5. The highest BCUT2D eigenvalue weighted by molar-refractivity contribution is 14.1. The van der Waals surface area contributed by atoms with Gasteiger partial charge in [-0.1, -0.05) is 11.6 Å². The summed E-state index contributed by atoms with van der Waals surface area (Å²) in [5.74, 6) is 0.702. The van der Waals surface area contributed by atoms with Gasteiger partial charge in [-0.25, -0.2) is 4.98 Å². The summed E-state index contributed by atoms with van der Waals surface area (Å²) in [6.07, 6.45) is 1.47. The Labute approximate surface area is 111 Å². The molecule has 0 fully saturated rings. The van der Waals surface area contributed by atoms with Gasteiger partial charge in [0, 0.05) is 9.26 Å². The summed E-state index contributed by atoms with van der Waals surface area (Å²) in [4.78, 5) is 7.80. The Bertz CT molecular complexity index is 501. The molecule has 3 N–H and O–H groups in total. The van der Waals surface area contributed by atoms with Gasteiger partial charge in [0.15, 0.2) is 5.82 Å². The molecule has 0 saturated heterocycles. The van der Waals surface area contributed by atoms with E-state index in [0.717, 1.165) is 9.26 Å². The van der Waals surface area contributed by atoms with E-state index in [-0.39, 0.29) is 5.95 Å². The fraction of sp³-hybridized carbons (Fsp3) is 0. The molecular formula is C10H8ClIN4. The van der Waals surface area contributed by atoms with E-state index in [1.54, 1.807) is 0 Å². The van der Waals surface area contributed by atoms with E-state index in [1.807, 2.05) is 24.3 Å². The van der Waals surface area contributed by atoms with Crippen LogP contribution in [-0.4, -0.2) is 9.97 Å². The van der Waals surface area contributed by atoms with E-state index >= 15 is 0 Å². The van der Waals surface area contributed by atoms with Gasteiger partial charge in [0.05, 0.1) is 6.20 Å². The molecule has 0 radical (unpaired) electrons. The van der Waals surface area contributed by atoms with Gasteiger partial charge in [0.1, 0.15) is 5.02 Å². The topological polar surface area (TPSA) is 63.8 Å². The highest BCUT2D eigenvalue weighted by Crippen LogP contribution is 2.23. The van der Waals surface area contributed by atoms with Crippen molar-refractivity contribution in [3.63, 3.8) is 0 Å². The molecule has 16 heavy (non-hydrogen) atoms. The average Bonchev–Trinajstić information content (AvgIpc) is 2.27. The molecule has 0 unspecified atom stereocenters. The Morgan fingerprint density at radius 2 is 1.94 bits per heavy atom. The van der Waals surface area contributed by atoms with Crippen LogP contribution in [0.2, 0.25) is 5.02 Å². The molecule has 1 heterocycles. The lowest BCUT2D eigenvalue weighted by Gasteiger charge is -2.07. The molecule has 1 aromatic carbocycles. The molecule has 0 aliphatic heterocycles. The van der Waals surface area contributed by atoms with Crippen molar-refractivity contribution in [1.82, 2.24) is 9.97 Å². The van der Waals surface area contributed by atoms with E-state index < -0.39 is 0 Å². The van der Waals surface area contributed by atoms with Gasteiger partial charge in [0.2, 0.25) is 5.95 Å². The first-order chi connectivity index (χ1) is 7.65. The van der Waals surface area contributed by atoms with Crippen molar-refractivity contribution in [2.75, 3.05) is 11.1 Å². The number of nitrogen functional groups attached to an aromatic ring is 1. The van der Waals surface area contributed by atoms with Crippen LogP contribution >= 0.6 is 34.2 Å². The second-order valence-electron chi connectivity index (χ2n) is 3.06. The van der Waals surface area contributed by atoms with E-state index in [0.29, 0.717) is 10.8 Å². The lowest BCUT2D eigenvalue weighted by Crippen LogP contribution is -2.00. The Balaban J connectivity index is 2.26. The molecule has 0 bridgehead atoms. The number of aromatic nitrogens is 2. The Morgan fingerprint density at radius 1 is 1.25 bits per heavy atom. The van der Waals surface area contributed by atoms with Crippen molar-refractivity contribution >= 4 is 51.6 Å². The minimum Gasteiger partial charge on any atom is -0.368 e. The lowest BCUT2D eigenvalue weighted by atomic mass is 10.3. The quantitative estimate of drug-likeness (QED) is 0.820. The van der Waals surface area contributed by atoms with Crippen molar-refractivity contribution in [1.29, 1.82) is 0 Å². The summed E-state index contributed by atoms with van der Waals surface area (Å²) >= 11 is 8.17. The molecule has 4 nitrogen and oxygen atoms in total. The van der Waals surface area contributed by atoms with E-state index in [1.165, 1.54) is 6.20 Å². The van der Waals surface area contributed by atoms with Gasteiger partial charge < -0.3 is 11.1 Å².